The number of hydrogen-bond donors (Lipinski definition) is 3. The van der Waals surface area contributed by atoms with E-state index in [9.17, 15) is 4.79 Å². The quantitative estimate of drug-likeness (QED) is 0.521. The van der Waals surface area contributed by atoms with E-state index in [1.165, 1.54) is 16.3 Å². The van der Waals surface area contributed by atoms with Gasteiger partial charge in [-0.2, -0.15) is 0 Å². The first-order valence-corrected chi connectivity index (χ1v) is 5.49. The highest BCUT2D eigenvalue weighted by Crippen LogP contribution is 2.22. The van der Waals surface area contributed by atoms with E-state index in [-0.39, 0.29) is 11.5 Å². The van der Waals surface area contributed by atoms with Crippen molar-refractivity contribution < 1.29 is 0 Å². The molecule has 2 rings (SSSR count). The van der Waals surface area contributed by atoms with Gasteiger partial charge in [0, 0.05) is 18.8 Å². The van der Waals surface area contributed by atoms with E-state index in [2.05, 4.69) is 15.2 Å². The third-order valence-electron chi connectivity index (χ3n) is 2.08. The van der Waals surface area contributed by atoms with Crippen LogP contribution < -0.4 is 11.4 Å². The van der Waals surface area contributed by atoms with Crippen LogP contribution in [-0.2, 0) is 7.05 Å². The zero-order valence-electron chi connectivity index (χ0n) is 8.97. The van der Waals surface area contributed by atoms with Gasteiger partial charge in [0.2, 0.25) is 0 Å². The fourth-order valence-electron chi connectivity index (χ4n) is 1.15. The Morgan fingerprint density at radius 2 is 2.41 bits per heavy atom. The minimum atomic E-state index is -0.282. The number of aromatic amines is 1. The van der Waals surface area contributed by atoms with Crippen molar-refractivity contribution in [1.82, 2.24) is 19.7 Å². The molecule has 0 aromatic carbocycles. The standard InChI is InChI=1S/C9H10N6OS/c1-15-8(16)13-14-9(15)17-6-4-5(7(10)11)2-3-12-6/h2-4H,1H3,(H3,10,11)(H,13,16). The number of nitrogens with two attached hydrogens (primary N) is 1. The van der Waals surface area contributed by atoms with Crippen LogP contribution >= 0.6 is 11.8 Å². The van der Waals surface area contributed by atoms with Crippen LogP contribution in [0.5, 0.6) is 0 Å². The predicted molar refractivity (Wildman–Crippen MR) is 63.2 cm³/mol. The number of nitrogens with zero attached hydrogens (tertiary/aromatic N) is 3. The summed E-state index contributed by atoms with van der Waals surface area (Å²) in [4.78, 5) is 15.3. The van der Waals surface area contributed by atoms with Gasteiger partial charge in [0.1, 0.15) is 10.9 Å². The van der Waals surface area contributed by atoms with Gasteiger partial charge in [-0.05, 0) is 23.9 Å². The lowest BCUT2D eigenvalue weighted by molar-refractivity contribution is 0.764. The van der Waals surface area contributed by atoms with Crippen molar-refractivity contribution in [3.05, 3.63) is 34.4 Å². The van der Waals surface area contributed by atoms with Crippen molar-refractivity contribution in [3.8, 4) is 0 Å². The Kier molecular flexibility index (Phi) is 2.96. The molecular weight excluding hydrogens is 240 g/mol. The second kappa shape index (κ2) is 4.42. The number of H-pyrrole nitrogens is 1. The lowest BCUT2D eigenvalue weighted by atomic mass is 10.2. The molecule has 0 aliphatic carbocycles. The van der Waals surface area contributed by atoms with Gasteiger partial charge in [-0.3, -0.25) is 9.98 Å². The maximum Gasteiger partial charge on any atom is 0.343 e. The average molecular weight is 250 g/mol. The molecule has 0 aliphatic heterocycles. The minimum absolute atomic E-state index is 0.0230. The molecule has 0 amide bonds. The number of nitrogen functional groups attached to an aromatic ring is 1. The molecule has 88 valence electrons. The lowest BCUT2D eigenvalue weighted by Gasteiger charge is -2.01. The number of hydrogen-bond acceptors (Lipinski definition) is 5. The van der Waals surface area contributed by atoms with E-state index in [1.807, 2.05) is 0 Å². The number of aromatic nitrogens is 4. The normalized spacial score (nSPS) is 10.4. The molecule has 0 aliphatic rings. The van der Waals surface area contributed by atoms with Gasteiger partial charge < -0.3 is 5.73 Å². The second-order valence-electron chi connectivity index (χ2n) is 3.27. The van der Waals surface area contributed by atoms with Gasteiger partial charge >= 0.3 is 5.69 Å². The lowest BCUT2D eigenvalue weighted by Crippen LogP contribution is -2.13. The molecule has 2 heterocycles. The number of rotatable bonds is 3. The van der Waals surface area contributed by atoms with E-state index < -0.39 is 0 Å². The van der Waals surface area contributed by atoms with Crippen molar-refractivity contribution in [2.24, 2.45) is 12.8 Å². The zero-order valence-corrected chi connectivity index (χ0v) is 9.78. The summed E-state index contributed by atoms with van der Waals surface area (Å²) in [5.41, 5.74) is 5.68. The fraction of sp³-hybridized carbons (Fsp3) is 0.111. The van der Waals surface area contributed by atoms with Gasteiger partial charge in [-0.25, -0.2) is 14.9 Å². The van der Waals surface area contributed by atoms with Crippen molar-refractivity contribution in [1.29, 1.82) is 5.41 Å². The molecule has 0 saturated carbocycles. The van der Waals surface area contributed by atoms with Gasteiger partial charge in [-0.15, -0.1) is 5.10 Å². The van der Waals surface area contributed by atoms with E-state index in [1.54, 1.807) is 25.4 Å². The van der Waals surface area contributed by atoms with Crippen molar-refractivity contribution in [2.75, 3.05) is 0 Å². The first-order valence-electron chi connectivity index (χ1n) is 4.67. The first-order chi connectivity index (χ1) is 8.08. The van der Waals surface area contributed by atoms with E-state index >= 15 is 0 Å². The molecule has 4 N–H and O–H groups in total. The van der Waals surface area contributed by atoms with Gasteiger partial charge in [-0.1, -0.05) is 0 Å². The molecular formula is C9H10N6OS. The highest BCUT2D eigenvalue weighted by Gasteiger charge is 2.08. The summed E-state index contributed by atoms with van der Waals surface area (Å²) in [6, 6.07) is 3.32. The highest BCUT2D eigenvalue weighted by molar-refractivity contribution is 7.99. The summed E-state index contributed by atoms with van der Waals surface area (Å²) >= 11 is 1.22. The molecule has 2 aromatic heterocycles. The second-order valence-corrected chi connectivity index (χ2v) is 4.26. The summed E-state index contributed by atoms with van der Waals surface area (Å²) in [6.45, 7) is 0. The van der Waals surface area contributed by atoms with Crippen LogP contribution in [0, 0.1) is 5.41 Å². The summed E-state index contributed by atoms with van der Waals surface area (Å²) < 4.78 is 1.38. The van der Waals surface area contributed by atoms with Crippen LogP contribution in [0.25, 0.3) is 0 Å². The fourth-order valence-corrected chi connectivity index (χ4v) is 1.95. The van der Waals surface area contributed by atoms with Crippen LogP contribution in [0.1, 0.15) is 5.56 Å². The van der Waals surface area contributed by atoms with Crippen LogP contribution in [0.4, 0.5) is 0 Å². The van der Waals surface area contributed by atoms with Crippen LogP contribution in [0.3, 0.4) is 0 Å². The largest absolute Gasteiger partial charge is 0.384 e. The molecule has 2 aromatic rings. The molecule has 8 heteroatoms. The molecule has 7 nitrogen and oxygen atoms in total. The Balaban J connectivity index is 2.30. The molecule has 0 radical (unpaired) electrons. The predicted octanol–water partition coefficient (Wildman–Crippen LogP) is -0.0613. The summed E-state index contributed by atoms with van der Waals surface area (Å²) in [6.07, 6.45) is 1.56. The molecule has 0 atom stereocenters. The van der Waals surface area contributed by atoms with Crippen LogP contribution in [-0.4, -0.2) is 25.6 Å². The Labute approximate surface area is 101 Å². The van der Waals surface area contributed by atoms with E-state index in [0.717, 1.165) is 0 Å². The molecule has 0 fully saturated rings. The Morgan fingerprint density at radius 3 is 3.00 bits per heavy atom. The van der Waals surface area contributed by atoms with Crippen LogP contribution in [0.15, 0.2) is 33.3 Å². The minimum Gasteiger partial charge on any atom is -0.384 e. The number of nitrogens with one attached hydrogen (secondary N) is 2. The maximum absolute atomic E-state index is 11.2. The third-order valence-corrected chi connectivity index (χ3v) is 3.06. The average Bonchev–Trinajstić information content (AvgIpc) is 2.61. The molecule has 17 heavy (non-hydrogen) atoms. The summed E-state index contributed by atoms with van der Waals surface area (Å²) in [5, 5.41) is 14.6. The topological polar surface area (TPSA) is 113 Å². The van der Waals surface area contributed by atoms with E-state index in [4.69, 9.17) is 11.1 Å². The highest BCUT2D eigenvalue weighted by atomic mass is 32.2. The molecule has 0 unspecified atom stereocenters. The van der Waals surface area contributed by atoms with Crippen molar-refractivity contribution in [3.63, 3.8) is 0 Å². The summed E-state index contributed by atoms with van der Waals surface area (Å²) in [5.74, 6) is -0.0230. The smallest absolute Gasteiger partial charge is 0.343 e. The van der Waals surface area contributed by atoms with Crippen LogP contribution in [0.2, 0.25) is 0 Å². The molecule has 0 bridgehead atoms. The Hall–Kier alpha value is -2.09. The maximum atomic E-state index is 11.2. The van der Waals surface area contributed by atoms with Crippen molar-refractivity contribution in [2.45, 2.75) is 10.2 Å². The Morgan fingerprint density at radius 1 is 1.65 bits per heavy atom. The van der Waals surface area contributed by atoms with E-state index in [0.29, 0.717) is 15.7 Å². The number of amidine groups is 1. The molecule has 0 saturated heterocycles. The molecule has 0 spiro atoms. The third kappa shape index (κ3) is 2.36. The zero-order chi connectivity index (χ0) is 12.4. The van der Waals surface area contributed by atoms with Gasteiger partial charge in [0.05, 0.1) is 0 Å². The number of pyridine rings is 1. The van der Waals surface area contributed by atoms with Gasteiger partial charge in [0.15, 0.2) is 5.16 Å². The monoisotopic (exact) mass is 250 g/mol. The Bertz CT molecular complexity index is 616. The first kappa shape index (κ1) is 11.4. The van der Waals surface area contributed by atoms with Crippen molar-refractivity contribution >= 4 is 17.6 Å². The SMILES string of the molecule is Cn1c(Sc2cc(C(=N)N)ccn2)n[nH]c1=O. The van der Waals surface area contributed by atoms with Gasteiger partial charge in [0.25, 0.3) is 0 Å². The summed E-state index contributed by atoms with van der Waals surface area (Å²) in [7, 11) is 1.61.